The molecule has 11 heteroatoms. The van der Waals surface area contributed by atoms with Gasteiger partial charge in [-0.1, -0.05) is 0 Å². The monoisotopic (exact) mass is 405 g/mol. The van der Waals surface area contributed by atoms with Crippen molar-refractivity contribution in [3.63, 3.8) is 0 Å². The van der Waals surface area contributed by atoms with Gasteiger partial charge in [0.1, 0.15) is 11.7 Å². The molecule has 1 atom stereocenters. The Bertz CT molecular complexity index is 870. The van der Waals surface area contributed by atoms with Crippen molar-refractivity contribution >= 4 is 22.3 Å². The van der Waals surface area contributed by atoms with E-state index in [4.69, 9.17) is 4.74 Å². The largest absolute Gasteiger partial charge is 0.471 e. The molecule has 0 aliphatic heterocycles. The second kappa shape index (κ2) is 7.69. The van der Waals surface area contributed by atoms with Gasteiger partial charge in [-0.25, -0.2) is 13.4 Å². The number of nitrogens with one attached hydrogen (secondary N) is 1. The standard InChI is InChI=1S/C16H18F3N3O4S/c1-9(15(2,3)23)26-13-12(16(17,18)19)8-20-14(22-13)21-10-4-6-11(7-5-10)27(24)25/h4-9,23,27H,1-3H3,(H,20,21,22)/t9-/m1/s1. The number of halogens is 3. The van der Waals surface area contributed by atoms with Crippen LogP contribution in [0.25, 0.3) is 0 Å². The molecule has 1 aromatic heterocycles. The Balaban J connectivity index is 2.34. The molecule has 148 valence electrons. The summed E-state index contributed by atoms with van der Waals surface area (Å²) in [4.78, 5) is 7.46. The lowest BCUT2D eigenvalue weighted by atomic mass is 10.0. The summed E-state index contributed by atoms with van der Waals surface area (Å²) in [5, 5.41) is 12.6. The first-order chi connectivity index (χ1) is 12.4. The van der Waals surface area contributed by atoms with Gasteiger partial charge >= 0.3 is 6.18 Å². The molecule has 0 unspecified atom stereocenters. The second-order valence-corrected chi connectivity index (χ2v) is 7.28. The minimum Gasteiger partial charge on any atom is -0.471 e. The van der Waals surface area contributed by atoms with Crippen molar-refractivity contribution in [1.82, 2.24) is 9.97 Å². The van der Waals surface area contributed by atoms with Crippen molar-refractivity contribution in [2.75, 3.05) is 5.32 Å². The Kier molecular flexibility index (Phi) is 5.95. The smallest absolute Gasteiger partial charge is 0.423 e. The van der Waals surface area contributed by atoms with Crippen LogP contribution in [0.4, 0.5) is 24.8 Å². The Morgan fingerprint density at radius 1 is 1.19 bits per heavy atom. The fraction of sp³-hybridized carbons (Fsp3) is 0.375. The summed E-state index contributed by atoms with van der Waals surface area (Å²) in [6.45, 7) is 4.21. The second-order valence-electron chi connectivity index (χ2n) is 6.25. The fourth-order valence-electron chi connectivity index (χ4n) is 1.82. The van der Waals surface area contributed by atoms with Gasteiger partial charge < -0.3 is 15.2 Å². The van der Waals surface area contributed by atoms with Gasteiger partial charge in [0, 0.05) is 11.9 Å². The third kappa shape index (κ3) is 5.54. The average Bonchev–Trinajstić information content (AvgIpc) is 2.53. The zero-order valence-electron chi connectivity index (χ0n) is 14.6. The van der Waals surface area contributed by atoms with E-state index >= 15 is 0 Å². The topological polar surface area (TPSA) is 101 Å². The van der Waals surface area contributed by atoms with E-state index in [1.54, 1.807) is 0 Å². The van der Waals surface area contributed by atoms with Crippen LogP contribution < -0.4 is 10.1 Å². The van der Waals surface area contributed by atoms with Crippen LogP contribution in [0.2, 0.25) is 0 Å². The SMILES string of the molecule is C[C@@H](Oc1nc(Nc2ccc([SH](=O)=O)cc2)ncc1C(F)(F)F)C(C)(C)O. The molecule has 0 radical (unpaired) electrons. The zero-order valence-corrected chi connectivity index (χ0v) is 15.5. The summed E-state index contributed by atoms with van der Waals surface area (Å²) in [7, 11) is -2.74. The molecule has 0 spiro atoms. The van der Waals surface area contributed by atoms with Crippen molar-refractivity contribution < 1.29 is 31.4 Å². The molecule has 0 amide bonds. The first kappa shape index (κ1) is 20.9. The van der Waals surface area contributed by atoms with E-state index < -0.39 is 40.0 Å². The molecule has 27 heavy (non-hydrogen) atoms. The van der Waals surface area contributed by atoms with Crippen LogP contribution in [-0.2, 0) is 16.9 Å². The van der Waals surface area contributed by atoms with Crippen molar-refractivity contribution in [2.24, 2.45) is 0 Å². The number of nitrogens with zero attached hydrogens (tertiary/aromatic N) is 2. The molecule has 0 fully saturated rings. The Hall–Kier alpha value is -2.40. The van der Waals surface area contributed by atoms with Crippen molar-refractivity contribution in [2.45, 2.75) is 43.5 Å². The van der Waals surface area contributed by atoms with Crippen LogP contribution in [0, 0.1) is 0 Å². The van der Waals surface area contributed by atoms with E-state index in [-0.39, 0.29) is 10.8 Å². The third-order valence-corrected chi connectivity index (χ3v) is 4.40. The summed E-state index contributed by atoms with van der Waals surface area (Å²) in [5.74, 6) is -0.908. The Morgan fingerprint density at radius 3 is 2.26 bits per heavy atom. The van der Waals surface area contributed by atoms with Crippen LogP contribution >= 0.6 is 0 Å². The molecule has 1 heterocycles. The lowest BCUT2D eigenvalue weighted by molar-refractivity contribution is -0.141. The summed E-state index contributed by atoms with van der Waals surface area (Å²) in [6.07, 6.45) is -5.15. The maximum Gasteiger partial charge on any atom is 0.423 e. The number of thiol groups is 1. The molecular weight excluding hydrogens is 387 g/mol. The summed E-state index contributed by atoms with van der Waals surface area (Å²) < 4.78 is 66.5. The molecule has 0 aliphatic rings. The van der Waals surface area contributed by atoms with Crippen LogP contribution in [0.3, 0.4) is 0 Å². The highest BCUT2D eigenvalue weighted by Crippen LogP contribution is 2.36. The van der Waals surface area contributed by atoms with Gasteiger partial charge in [0.15, 0.2) is 10.7 Å². The molecule has 0 saturated heterocycles. The number of aliphatic hydroxyl groups is 1. The first-order valence-electron chi connectivity index (χ1n) is 7.72. The van der Waals surface area contributed by atoms with E-state index in [1.165, 1.54) is 45.0 Å². The number of hydrogen-bond donors (Lipinski definition) is 3. The van der Waals surface area contributed by atoms with E-state index in [0.29, 0.717) is 11.9 Å². The third-order valence-electron chi connectivity index (χ3n) is 3.68. The number of rotatable bonds is 6. The molecule has 0 saturated carbocycles. The normalized spacial score (nSPS) is 13.5. The predicted molar refractivity (Wildman–Crippen MR) is 91.7 cm³/mol. The Labute approximate surface area is 155 Å². The van der Waals surface area contributed by atoms with Gasteiger partial charge in [-0.2, -0.15) is 18.2 Å². The van der Waals surface area contributed by atoms with Gasteiger partial charge in [-0.3, -0.25) is 0 Å². The molecular formula is C16H18F3N3O4S. The number of benzene rings is 1. The summed E-state index contributed by atoms with van der Waals surface area (Å²) in [6, 6.07) is 5.49. The van der Waals surface area contributed by atoms with Gasteiger partial charge in [-0.15, -0.1) is 0 Å². The maximum absolute atomic E-state index is 13.2. The minimum atomic E-state index is -4.74. The summed E-state index contributed by atoms with van der Waals surface area (Å²) >= 11 is 0. The van der Waals surface area contributed by atoms with Gasteiger partial charge in [0.05, 0.1) is 10.5 Å². The van der Waals surface area contributed by atoms with Crippen molar-refractivity contribution in [1.29, 1.82) is 0 Å². The highest BCUT2D eigenvalue weighted by atomic mass is 32.2. The number of alkyl halides is 3. The van der Waals surface area contributed by atoms with Crippen LogP contribution in [0.15, 0.2) is 35.4 Å². The first-order valence-corrected chi connectivity index (χ1v) is 8.90. The molecule has 2 aromatic rings. The van der Waals surface area contributed by atoms with E-state index in [2.05, 4.69) is 15.3 Å². The lowest BCUT2D eigenvalue weighted by Crippen LogP contribution is -2.38. The molecule has 0 bridgehead atoms. The zero-order chi connectivity index (χ0) is 20.4. The molecule has 1 aromatic carbocycles. The van der Waals surface area contributed by atoms with E-state index in [0.717, 1.165) is 0 Å². The van der Waals surface area contributed by atoms with Crippen molar-refractivity contribution in [3.05, 3.63) is 36.0 Å². The quantitative estimate of drug-likeness (QED) is 0.635. The molecule has 7 nitrogen and oxygen atoms in total. The van der Waals surface area contributed by atoms with Gasteiger partial charge in [0.25, 0.3) is 0 Å². The number of ether oxygens (including phenoxy) is 1. The van der Waals surface area contributed by atoms with Crippen LogP contribution in [-0.4, -0.2) is 35.2 Å². The van der Waals surface area contributed by atoms with E-state index in [9.17, 15) is 26.7 Å². The predicted octanol–water partition coefficient (Wildman–Crippen LogP) is 2.75. The number of aromatic nitrogens is 2. The average molecular weight is 405 g/mol. The molecule has 2 rings (SSSR count). The van der Waals surface area contributed by atoms with Crippen molar-refractivity contribution in [3.8, 4) is 5.88 Å². The van der Waals surface area contributed by atoms with Gasteiger partial charge in [0.2, 0.25) is 11.8 Å². The Morgan fingerprint density at radius 2 is 1.78 bits per heavy atom. The minimum absolute atomic E-state index is 0.0897. The number of anilines is 2. The van der Waals surface area contributed by atoms with E-state index in [1.807, 2.05) is 0 Å². The van der Waals surface area contributed by atoms with Crippen LogP contribution in [0.1, 0.15) is 26.3 Å². The highest BCUT2D eigenvalue weighted by Gasteiger charge is 2.38. The summed E-state index contributed by atoms with van der Waals surface area (Å²) in [5.41, 5.74) is -2.20. The molecule has 0 aliphatic carbocycles. The highest BCUT2D eigenvalue weighted by molar-refractivity contribution is 7.72. The fourth-order valence-corrected chi connectivity index (χ4v) is 2.21. The number of hydrogen-bond acceptors (Lipinski definition) is 7. The molecule has 2 N–H and O–H groups in total. The van der Waals surface area contributed by atoms with Crippen LogP contribution in [0.5, 0.6) is 5.88 Å². The van der Waals surface area contributed by atoms with Gasteiger partial charge in [-0.05, 0) is 45.0 Å². The lowest BCUT2D eigenvalue weighted by Gasteiger charge is -2.27. The maximum atomic E-state index is 13.2.